The Morgan fingerprint density at radius 2 is 1.52 bits per heavy atom. The zero-order chi connectivity index (χ0) is 16.6. The van der Waals surface area contributed by atoms with Crippen LogP contribution in [0.1, 0.15) is 33.3 Å². The molecule has 1 aromatic heterocycles. The monoisotopic (exact) mass is 304 g/mol. The largest absolute Gasteiger partial charge is 0.220 e. The van der Waals surface area contributed by atoms with E-state index in [9.17, 15) is 0 Å². The summed E-state index contributed by atoms with van der Waals surface area (Å²) in [7, 11) is 2.14. The Kier molecular flexibility index (Phi) is 3.97. The molecule has 0 aliphatic carbocycles. The van der Waals surface area contributed by atoms with Crippen LogP contribution in [-0.4, -0.2) is 0 Å². The van der Waals surface area contributed by atoms with Gasteiger partial charge in [0.15, 0.2) is 6.20 Å². The van der Waals surface area contributed by atoms with Gasteiger partial charge in [-0.25, -0.2) is 4.57 Å². The standard InChI is InChI=1S/C22H26N/c1-16(2)22(3,4)20-13-9-8-12-19(20)21-18-11-7-6-10-17(18)14-15-23(21)5/h6-16H,1-5H3/q+1. The van der Waals surface area contributed by atoms with Gasteiger partial charge in [-0.2, -0.15) is 0 Å². The molecule has 3 rings (SSSR count). The third kappa shape index (κ3) is 2.65. The van der Waals surface area contributed by atoms with Gasteiger partial charge in [0.05, 0.1) is 10.9 Å². The molecule has 3 aromatic rings. The average molecular weight is 304 g/mol. The summed E-state index contributed by atoms with van der Waals surface area (Å²) in [6, 6.07) is 19.7. The lowest BCUT2D eigenvalue weighted by Crippen LogP contribution is -2.32. The molecular weight excluding hydrogens is 278 g/mol. The van der Waals surface area contributed by atoms with Crippen molar-refractivity contribution in [3.05, 3.63) is 66.4 Å². The molecular formula is C22H26N+. The first-order valence-corrected chi connectivity index (χ1v) is 8.40. The van der Waals surface area contributed by atoms with Crippen LogP contribution >= 0.6 is 0 Å². The summed E-state index contributed by atoms with van der Waals surface area (Å²) in [5.41, 5.74) is 4.18. The normalized spacial score (nSPS) is 12.1. The lowest BCUT2D eigenvalue weighted by molar-refractivity contribution is -0.659. The molecule has 0 saturated carbocycles. The summed E-state index contributed by atoms with van der Waals surface area (Å²) in [6.07, 6.45) is 2.16. The van der Waals surface area contributed by atoms with E-state index < -0.39 is 0 Å². The minimum absolute atomic E-state index is 0.126. The van der Waals surface area contributed by atoms with Crippen molar-refractivity contribution in [3.63, 3.8) is 0 Å². The second-order valence-corrected chi connectivity index (χ2v) is 7.28. The highest BCUT2D eigenvalue weighted by atomic mass is 14.9. The summed E-state index contributed by atoms with van der Waals surface area (Å²) >= 11 is 0. The molecule has 1 nitrogen and oxygen atoms in total. The van der Waals surface area contributed by atoms with Crippen LogP contribution < -0.4 is 4.57 Å². The highest BCUT2D eigenvalue weighted by Gasteiger charge is 2.30. The molecule has 0 radical (unpaired) electrons. The Bertz CT molecular complexity index is 843. The first kappa shape index (κ1) is 15.7. The van der Waals surface area contributed by atoms with Crippen LogP contribution in [0, 0.1) is 5.92 Å². The fraction of sp³-hybridized carbons (Fsp3) is 0.318. The molecule has 0 fully saturated rings. The second kappa shape index (κ2) is 5.81. The van der Waals surface area contributed by atoms with Gasteiger partial charge in [-0.15, -0.1) is 0 Å². The topological polar surface area (TPSA) is 3.88 Å². The molecule has 2 aromatic carbocycles. The Balaban J connectivity index is 2.35. The predicted molar refractivity (Wildman–Crippen MR) is 98.4 cm³/mol. The molecule has 118 valence electrons. The Hall–Kier alpha value is -2.15. The fourth-order valence-corrected chi connectivity index (χ4v) is 3.21. The van der Waals surface area contributed by atoms with E-state index in [4.69, 9.17) is 0 Å². The zero-order valence-corrected chi connectivity index (χ0v) is 14.8. The van der Waals surface area contributed by atoms with E-state index in [1.54, 1.807) is 0 Å². The van der Waals surface area contributed by atoms with E-state index >= 15 is 0 Å². The number of hydrogen-bond donors (Lipinski definition) is 0. The van der Waals surface area contributed by atoms with Crippen LogP contribution in [0.5, 0.6) is 0 Å². The van der Waals surface area contributed by atoms with Crippen LogP contribution in [0.15, 0.2) is 60.8 Å². The van der Waals surface area contributed by atoms with Crippen molar-refractivity contribution in [2.45, 2.75) is 33.1 Å². The Labute approximate surface area is 139 Å². The van der Waals surface area contributed by atoms with Gasteiger partial charge in [0.2, 0.25) is 5.69 Å². The maximum absolute atomic E-state index is 2.35. The van der Waals surface area contributed by atoms with Crippen molar-refractivity contribution >= 4 is 10.8 Å². The number of aromatic nitrogens is 1. The fourth-order valence-electron chi connectivity index (χ4n) is 3.21. The van der Waals surface area contributed by atoms with Crippen molar-refractivity contribution in [3.8, 4) is 11.3 Å². The molecule has 0 spiro atoms. The van der Waals surface area contributed by atoms with Crippen molar-refractivity contribution in [1.29, 1.82) is 0 Å². The Morgan fingerprint density at radius 1 is 0.870 bits per heavy atom. The van der Waals surface area contributed by atoms with Gasteiger partial charge in [0.25, 0.3) is 0 Å². The predicted octanol–water partition coefficient (Wildman–Crippen LogP) is 5.26. The molecule has 0 unspecified atom stereocenters. The van der Waals surface area contributed by atoms with Gasteiger partial charge in [0, 0.05) is 6.07 Å². The summed E-state index contributed by atoms with van der Waals surface area (Å²) in [6.45, 7) is 9.31. The van der Waals surface area contributed by atoms with E-state index in [-0.39, 0.29) is 5.41 Å². The minimum Gasteiger partial charge on any atom is -0.200 e. The summed E-state index contributed by atoms with van der Waals surface area (Å²) in [5, 5.41) is 2.60. The first-order valence-electron chi connectivity index (χ1n) is 8.40. The molecule has 1 heteroatoms. The third-order valence-electron chi connectivity index (χ3n) is 5.37. The second-order valence-electron chi connectivity index (χ2n) is 7.28. The van der Waals surface area contributed by atoms with Crippen LogP contribution in [0.4, 0.5) is 0 Å². The van der Waals surface area contributed by atoms with Gasteiger partial charge in [-0.05, 0) is 34.4 Å². The van der Waals surface area contributed by atoms with Gasteiger partial charge < -0.3 is 0 Å². The SMILES string of the molecule is CC(C)C(C)(C)c1ccccc1-c1c2ccccc2cc[n+]1C. The number of nitrogens with zero attached hydrogens (tertiary/aromatic N) is 1. The molecule has 0 N–H and O–H groups in total. The zero-order valence-electron chi connectivity index (χ0n) is 14.8. The van der Waals surface area contributed by atoms with E-state index in [2.05, 4.69) is 100 Å². The molecule has 0 saturated heterocycles. The van der Waals surface area contributed by atoms with Crippen LogP contribution in [0.2, 0.25) is 0 Å². The lowest BCUT2D eigenvalue weighted by Gasteiger charge is -2.31. The number of aryl methyl sites for hydroxylation is 1. The molecule has 0 atom stereocenters. The van der Waals surface area contributed by atoms with E-state index in [1.807, 2.05) is 0 Å². The van der Waals surface area contributed by atoms with Crippen molar-refractivity contribution in [2.24, 2.45) is 13.0 Å². The van der Waals surface area contributed by atoms with Crippen LogP contribution in [-0.2, 0) is 12.5 Å². The smallest absolute Gasteiger partial charge is 0.200 e. The maximum atomic E-state index is 2.35. The summed E-state index contributed by atoms with van der Waals surface area (Å²) in [4.78, 5) is 0. The highest BCUT2D eigenvalue weighted by molar-refractivity contribution is 5.93. The van der Waals surface area contributed by atoms with Crippen LogP contribution in [0.25, 0.3) is 22.0 Å². The number of benzene rings is 2. The highest BCUT2D eigenvalue weighted by Crippen LogP contribution is 2.38. The average Bonchev–Trinajstić information content (AvgIpc) is 2.54. The number of hydrogen-bond acceptors (Lipinski definition) is 0. The van der Waals surface area contributed by atoms with Gasteiger partial charge in [-0.1, -0.05) is 64.1 Å². The summed E-state index contributed by atoms with van der Waals surface area (Å²) < 4.78 is 2.25. The molecule has 0 amide bonds. The Morgan fingerprint density at radius 3 is 2.26 bits per heavy atom. The lowest BCUT2D eigenvalue weighted by atomic mass is 9.73. The van der Waals surface area contributed by atoms with E-state index in [0.717, 1.165) is 0 Å². The first-order chi connectivity index (χ1) is 10.9. The van der Waals surface area contributed by atoms with Gasteiger partial charge in [-0.3, -0.25) is 0 Å². The molecule has 0 aliphatic heterocycles. The minimum atomic E-state index is 0.126. The van der Waals surface area contributed by atoms with Gasteiger partial charge in [0.1, 0.15) is 7.05 Å². The number of rotatable bonds is 3. The molecule has 1 heterocycles. The van der Waals surface area contributed by atoms with Crippen molar-refractivity contribution < 1.29 is 4.57 Å². The maximum Gasteiger partial charge on any atom is 0.220 e. The summed E-state index contributed by atoms with van der Waals surface area (Å²) in [5.74, 6) is 0.573. The van der Waals surface area contributed by atoms with Crippen molar-refractivity contribution in [2.75, 3.05) is 0 Å². The van der Waals surface area contributed by atoms with Gasteiger partial charge >= 0.3 is 0 Å². The number of fused-ring (bicyclic) bond motifs is 1. The molecule has 0 bridgehead atoms. The van der Waals surface area contributed by atoms with E-state index in [1.165, 1.54) is 27.6 Å². The molecule has 0 aliphatic rings. The van der Waals surface area contributed by atoms with Crippen molar-refractivity contribution in [1.82, 2.24) is 0 Å². The van der Waals surface area contributed by atoms with E-state index in [0.29, 0.717) is 5.92 Å². The van der Waals surface area contributed by atoms with Crippen LogP contribution in [0.3, 0.4) is 0 Å². The molecule has 23 heavy (non-hydrogen) atoms. The number of pyridine rings is 1. The quantitative estimate of drug-likeness (QED) is 0.581. The third-order valence-corrected chi connectivity index (χ3v) is 5.37.